The molecule has 0 fully saturated rings. The van der Waals surface area contributed by atoms with Gasteiger partial charge < -0.3 is 14.2 Å². The van der Waals surface area contributed by atoms with Crippen molar-refractivity contribution in [3.05, 3.63) is 36.5 Å². The van der Waals surface area contributed by atoms with Crippen LogP contribution in [-0.4, -0.2) is 37.2 Å². The smallest absolute Gasteiger partial charge is 0.306 e. The average molecular weight is 801 g/mol. The molecule has 0 saturated carbocycles. The van der Waals surface area contributed by atoms with Crippen molar-refractivity contribution in [2.75, 3.05) is 13.2 Å². The van der Waals surface area contributed by atoms with Crippen LogP contribution in [0.25, 0.3) is 0 Å². The monoisotopic (exact) mass is 801 g/mol. The number of rotatable bonds is 44. The lowest BCUT2D eigenvalue weighted by atomic mass is 10.0. The summed E-state index contributed by atoms with van der Waals surface area (Å²) in [5.41, 5.74) is 0. The van der Waals surface area contributed by atoms with Gasteiger partial charge in [-0.25, -0.2) is 0 Å². The normalized spacial score (nSPS) is 12.3. The minimum absolute atomic E-state index is 0.0806. The second-order valence-electron chi connectivity index (χ2n) is 16.4. The second kappa shape index (κ2) is 46.3. The predicted molar refractivity (Wildman–Crippen MR) is 242 cm³/mol. The summed E-state index contributed by atoms with van der Waals surface area (Å²) in [4.78, 5) is 37.7. The first-order chi connectivity index (χ1) is 28.0. The summed E-state index contributed by atoms with van der Waals surface area (Å²) in [5.74, 6) is -0.907. The Morgan fingerprint density at radius 3 is 1.07 bits per heavy atom. The number of esters is 3. The van der Waals surface area contributed by atoms with E-state index in [-0.39, 0.29) is 31.1 Å². The molecule has 0 bridgehead atoms. The van der Waals surface area contributed by atoms with Crippen LogP contribution in [-0.2, 0) is 28.6 Å². The largest absolute Gasteiger partial charge is 0.462 e. The van der Waals surface area contributed by atoms with Gasteiger partial charge in [0, 0.05) is 19.3 Å². The highest BCUT2D eigenvalue weighted by atomic mass is 16.6. The maximum Gasteiger partial charge on any atom is 0.306 e. The molecular weight excluding hydrogens is 709 g/mol. The molecular formula is C51H92O6. The molecule has 0 N–H and O–H groups in total. The Kier molecular flexibility index (Phi) is 44.4. The lowest BCUT2D eigenvalue weighted by molar-refractivity contribution is -0.167. The lowest BCUT2D eigenvalue weighted by Crippen LogP contribution is -2.30. The molecule has 0 saturated heterocycles. The van der Waals surface area contributed by atoms with Gasteiger partial charge in [-0.3, -0.25) is 14.4 Å². The van der Waals surface area contributed by atoms with Gasteiger partial charge in [0.25, 0.3) is 0 Å². The van der Waals surface area contributed by atoms with Gasteiger partial charge in [0.15, 0.2) is 6.10 Å². The second-order valence-corrected chi connectivity index (χ2v) is 16.4. The number of carbonyl (C=O) groups excluding carboxylic acids is 3. The van der Waals surface area contributed by atoms with Crippen LogP contribution in [0.3, 0.4) is 0 Å². The van der Waals surface area contributed by atoms with Crippen LogP contribution in [0, 0.1) is 0 Å². The molecule has 0 aliphatic heterocycles. The van der Waals surface area contributed by atoms with Crippen molar-refractivity contribution in [3.8, 4) is 0 Å². The number of carbonyl (C=O) groups is 3. The molecule has 0 spiro atoms. The highest BCUT2D eigenvalue weighted by molar-refractivity contribution is 5.71. The van der Waals surface area contributed by atoms with Gasteiger partial charge in [-0.15, -0.1) is 0 Å². The van der Waals surface area contributed by atoms with E-state index in [1.807, 2.05) is 0 Å². The Hall–Kier alpha value is -2.37. The van der Waals surface area contributed by atoms with Gasteiger partial charge in [-0.05, 0) is 51.4 Å². The molecule has 0 aliphatic rings. The Morgan fingerprint density at radius 2 is 0.684 bits per heavy atom. The Balaban J connectivity index is 4.28. The molecule has 0 radical (unpaired) electrons. The van der Waals surface area contributed by atoms with Crippen molar-refractivity contribution < 1.29 is 28.6 Å². The van der Waals surface area contributed by atoms with Crippen LogP contribution in [0.4, 0.5) is 0 Å². The third-order valence-electron chi connectivity index (χ3n) is 10.7. The van der Waals surface area contributed by atoms with E-state index in [0.29, 0.717) is 19.3 Å². The molecule has 57 heavy (non-hydrogen) atoms. The summed E-state index contributed by atoms with van der Waals surface area (Å²) in [6.45, 7) is 6.48. The predicted octanol–water partition coefficient (Wildman–Crippen LogP) is 15.8. The summed E-state index contributed by atoms with van der Waals surface area (Å²) in [7, 11) is 0. The summed E-state index contributed by atoms with van der Waals surface area (Å²) >= 11 is 0. The Labute approximate surface area is 353 Å². The van der Waals surface area contributed by atoms with E-state index in [1.165, 1.54) is 128 Å². The van der Waals surface area contributed by atoms with Crippen LogP contribution in [0.15, 0.2) is 36.5 Å². The number of ether oxygens (including phenoxy) is 3. The van der Waals surface area contributed by atoms with Crippen molar-refractivity contribution in [2.45, 2.75) is 258 Å². The molecule has 1 unspecified atom stereocenters. The van der Waals surface area contributed by atoms with E-state index >= 15 is 0 Å². The van der Waals surface area contributed by atoms with Gasteiger partial charge >= 0.3 is 17.9 Å². The highest BCUT2D eigenvalue weighted by Crippen LogP contribution is 2.16. The zero-order chi connectivity index (χ0) is 41.5. The standard InChI is InChI=1S/C51H92O6/c1-4-7-10-13-16-19-21-23-24-25-26-27-29-30-32-35-38-41-44-50(53)56-47-48(46-55-49(52)43-40-37-34-18-15-12-9-6-3)57-51(54)45-42-39-36-33-31-28-22-20-17-14-11-8-5-2/h8,11,17,20,28,31,48H,4-7,9-10,12-16,18-19,21-27,29-30,32-47H2,1-3H3/b11-8-,20-17-,31-28-. The summed E-state index contributed by atoms with van der Waals surface area (Å²) in [5, 5.41) is 0. The van der Waals surface area contributed by atoms with Crippen molar-refractivity contribution in [1.82, 2.24) is 0 Å². The summed E-state index contributed by atoms with van der Waals surface area (Å²) < 4.78 is 16.7. The topological polar surface area (TPSA) is 78.9 Å². The van der Waals surface area contributed by atoms with E-state index in [0.717, 1.165) is 83.5 Å². The van der Waals surface area contributed by atoms with Crippen LogP contribution in [0.1, 0.15) is 252 Å². The Bertz CT molecular complexity index is 969. The van der Waals surface area contributed by atoms with E-state index in [1.54, 1.807) is 0 Å². The fourth-order valence-corrected chi connectivity index (χ4v) is 6.99. The number of hydrogen-bond acceptors (Lipinski definition) is 6. The number of allylic oxidation sites excluding steroid dienone is 6. The quantitative estimate of drug-likeness (QED) is 0.0264. The molecule has 0 heterocycles. The van der Waals surface area contributed by atoms with Gasteiger partial charge in [-0.1, -0.05) is 218 Å². The maximum atomic E-state index is 12.7. The zero-order valence-electron chi connectivity index (χ0n) is 37.9. The molecule has 0 amide bonds. The molecule has 0 aromatic carbocycles. The fraction of sp³-hybridized carbons (Fsp3) is 0.824. The third-order valence-corrected chi connectivity index (χ3v) is 10.7. The van der Waals surface area contributed by atoms with Gasteiger partial charge in [0.05, 0.1) is 0 Å². The molecule has 0 rings (SSSR count). The number of unbranched alkanes of at least 4 members (excludes halogenated alkanes) is 27. The summed E-state index contributed by atoms with van der Waals surface area (Å²) in [6.07, 6.45) is 52.8. The third kappa shape index (κ3) is 44.6. The van der Waals surface area contributed by atoms with E-state index in [2.05, 4.69) is 57.2 Å². The molecule has 0 aliphatic carbocycles. The molecule has 6 heteroatoms. The van der Waals surface area contributed by atoms with Crippen molar-refractivity contribution in [3.63, 3.8) is 0 Å². The van der Waals surface area contributed by atoms with Gasteiger partial charge in [0.1, 0.15) is 13.2 Å². The molecule has 6 nitrogen and oxygen atoms in total. The molecule has 0 aromatic heterocycles. The lowest BCUT2D eigenvalue weighted by Gasteiger charge is -2.18. The molecule has 1 atom stereocenters. The van der Waals surface area contributed by atoms with Crippen molar-refractivity contribution in [2.24, 2.45) is 0 Å². The first-order valence-electron chi connectivity index (χ1n) is 24.5. The Morgan fingerprint density at radius 1 is 0.368 bits per heavy atom. The molecule has 332 valence electrons. The first-order valence-corrected chi connectivity index (χ1v) is 24.5. The van der Waals surface area contributed by atoms with Crippen LogP contribution < -0.4 is 0 Å². The fourth-order valence-electron chi connectivity index (χ4n) is 6.99. The van der Waals surface area contributed by atoms with Crippen LogP contribution >= 0.6 is 0 Å². The SMILES string of the molecule is CC/C=C\C/C=C\C/C=C\CCCCCC(=O)OC(COC(=O)CCCCCCCCCC)COC(=O)CCCCCCCCCCCCCCCCCCCC. The van der Waals surface area contributed by atoms with E-state index in [4.69, 9.17) is 14.2 Å². The summed E-state index contributed by atoms with van der Waals surface area (Å²) in [6, 6.07) is 0. The first kappa shape index (κ1) is 54.6. The highest BCUT2D eigenvalue weighted by Gasteiger charge is 2.19. The zero-order valence-corrected chi connectivity index (χ0v) is 37.9. The maximum absolute atomic E-state index is 12.7. The minimum atomic E-state index is -0.780. The number of hydrogen-bond donors (Lipinski definition) is 0. The van der Waals surface area contributed by atoms with Gasteiger partial charge in [0.2, 0.25) is 0 Å². The van der Waals surface area contributed by atoms with Crippen LogP contribution in [0.2, 0.25) is 0 Å². The van der Waals surface area contributed by atoms with E-state index < -0.39 is 6.10 Å². The average Bonchev–Trinajstić information content (AvgIpc) is 3.21. The minimum Gasteiger partial charge on any atom is -0.462 e. The van der Waals surface area contributed by atoms with Crippen LogP contribution in [0.5, 0.6) is 0 Å². The van der Waals surface area contributed by atoms with Crippen molar-refractivity contribution >= 4 is 17.9 Å². The van der Waals surface area contributed by atoms with Crippen molar-refractivity contribution in [1.29, 1.82) is 0 Å². The molecule has 0 aromatic rings. The van der Waals surface area contributed by atoms with Gasteiger partial charge in [-0.2, -0.15) is 0 Å². The van der Waals surface area contributed by atoms with E-state index in [9.17, 15) is 14.4 Å².